The zero-order valence-electron chi connectivity index (χ0n) is 19.0. The predicted molar refractivity (Wildman–Crippen MR) is 144 cm³/mol. The molecule has 4 aromatic rings. The first-order valence-corrected chi connectivity index (χ1v) is 12.6. The number of fused-ring (bicyclic) bond motifs is 1. The van der Waals surface area contributed by atoms with E-state index in [2.05, 4.69) is 42.7 Å². The van der Waals surface area contributed by atoms with Crippen molar-refractivity contribution >= 4 is 54.4 Å². The first-order valence-electron chi connectivity index (χ1n) is 11.0. The minimum atomic E-state index is -0.496. The highest BCUT2D eigenvalue weighted by atomic mass is 79.9. The number of carbonyl (C=O) groups excluding carboxylic acids is 2. The average molecular weight is 614 g/mol. The number of amides is 2. The molecule has 184 valence electrons. The number of halogens is 2. The van der Waals surface area contributed by atoms with Crippen LogP contribution in [0.4, 0.5) is 0 Å². The minimum absolute atomic E-state index is 0.265. The summed E-state index contributed by atoms with van der Waals surface area (Å²) in [6, 6.07) is 25.6. The number of nitrogens with one attached hydrogen (secondary N) is 2. The molecule has 0 radical (unpaired) electrons. The average Bonchev–Trinajstić information content (AvgIpc) is 2.90. The van der Waals surface area contributed by atoms with Crippen LogP contribution in [0.1, 0.15) is 10.4 Å². The van der Waals surface area contributed by atoms with E-state index in [1.165, 1.54) is 0 Å². The maximum atomic E-state index is 12.3. The van der Waals surface area contributed by atoms with E-state index in [4.69, 9.17) is 14.2 Å². The topological polar surface area (TPSA) is 85.9 Å². The standard InChI is InChI=1S/C27H22Br2N2O5/c28-20-9-12-23-19(16-20)8-13-24(26(23)29)36-17-25(32)30-31-27(33)18-6-10-22(11-7-18)35-15-14-34-21-4-2-1-3-5-21/h1-13,16H,14-15,17H2,(H,30,32)(H,31,33). The molecule has 2 amide bonds. The van der Waals surface area contributed by atoms with Gasteiger partial charge in [-0.05, 0) is 81.3 Å². The Kier molecular flexibility index (Phi) is 8.80. The molecule has 4 aromatic carbocycles. The maximum absolute atomic E-state index is 12.3. The Bertz CT molecular complexity index is 1350. The lowest BCUT2D eigenvalue weighted by Gasteiger charge is -2.12. The SMILES string of the molecule is O=C(COc1ccc2cc(Br)ccc2c1Br)NNC(=O)c1ccc(OCCOc2ccccc2)cc1. The summed E-state index contributed by atoms with van der Waals surface area (Å²) in [6.07, 6.45) is 0. The van der Waals surface area contributed by atoms with Crippen LogP contribution in [0.15, 0.2) is 93.9 Å². The second-order valence-corrected chi connectivity index (χ2v) is 9.28. The Hall–Kier alpha value is -3.56. The van der Waals surface area contributed by atoms with E-state index >= 15 is 0 Å². The summed E-state index contributed by atoms with van der Waals surface area (Å²) in [6.45, 7) is 0.494. The Morgan fingerprint density at radius 2 is 1.42 bits per heavy atom. The van der Waals surface area contributed by atoms with Crippen LogP contribution in [0, 0.1) is 0 Å². The van der Waals surface area contributed by atoms with Crippen molar-refractivity contribution in [1.29, 1.82) is 0 Å². The lowest BCUT2D eigenvalue weighted by Crippen LogP contribution is -2.43. The molecule has 4 rings (SSSR count). The van der Waals surface area contributed by atoms with Gasteiger partial charge in [0.05, 0.1) is 4.47 Å². The van der Waals surface area contributed by atoms with Crippen molar-refractivity contribution in [3.63, 3.8) is 0 Å². The zero-order valence-corrected chi connectivity index (χ0v) is 22.2. The van der Waals surface area contributed by atoms with Gasteiger partial charge >= 0.3 is 0 Å². The van der Waals surface area contributed by atoms with Crippen LogP contribution in [0.5, 0.6) is 17.2 Å². The van der Waals surface area contributed by atoms with E-state index in [1.807, 2.05) is 54.6 Å². The molecule has 0 fully saturated rings. The summed E-state index contributed by atoms with van der Waals surface area (Å²) in [4.78, 5) is 24.5. The van der Waals surface area contributed by atoms with Gasteiger partial charge in [0.1, 0.15) is 30.5 Å². The number of hydrogen-bond donors (Lipinski definition) is 2. The van der Waals surface area contributed by atoms with Crippen molar-refractivity contribution in [2.24, 2.45) is 0 Å². The number of ether oxygens (including phenoxy) is 3. The number of benzene rings is 4. The van der Waals surface area contributed by atoms with E-state index in [0.29, 0.717) is 30.3 Å². The van der Waals surface area contributed by atoms with Crippen LogP contribution in [-0.2, 0) is 4.79 Å². The molecule has 0 unspecified atom stereocenters. The molecule has 9 heteroatoms. The van der Waals surface area contributed by atoms with E-state index in [1.54, 1.807) is 30.3 Å². The van der Waals surface area contributed by atoms with Crippen LogP contribution >= 0.6 is 31.9 Å². The fourth-order valence-electron chi connectivity index (χ4n) is 3.27. The molecular weight excluding hydrogens is 592 g/mol. The summed E-state index contributed by atoms with van der Waals surface area (Å²) < 4.78 is 18.5. The van der Waals surface area contributed by atoms with Crippen molar-refractivity contribution < 1.29 is 23.8 Å². The largest absolute Gasteiger partial charge is 0.490 e. The molecule has 0 aliphatic heterocycles. The van der Waals surface area contributed by atoms with Crippen molar-refractivity contribution in [3.8, 4) is 17.2 Å². The van der Waals surface area contributed by atoms with Gasteiger partial charge in [-0.2, -0.15) is 0 Å². The van der Waals surface area contributed by atoms with Gasteiger partial charge in [-0.15, -0.1) is 0 Å². The Morgan fingerprint density at radius 1 is 0.722 bits per heavy atom. The molecule has 0 atom stereocenters. The van der Waals surface area contributed by atoms with Gasteiger partial charge in [-0.25, -0.2) is 0 Å². The lowest BCUT2D eigenvalue weighted by molar-refractivity contribution is -0.123. The highest BCUT2D eigenvalue weighted by Gasteiger charge is 2.11. The van der Waals surface area contributed by atoms with Gasteiger partial charge in [-0.1, -0.05) is 46.3 Å². The Morgan fingerprint density at radius 3 is 2.14 bits per heavy atom. The van der Waals surface area contributed by atoms with E-state index in [0.717, 1.165) is 25.5 Å². The Labute approximate surface area is 225 Å². The smallest absolute Gasteiger partial charge is 0.276 e. The third-order valence-electron chi connectivity index (χ3n) is 5.04. The zero-order chi connectivity index (χ0) is 25.3. The number of para-hydroxylation sites is 1. The number of rotatable bonds is 9. The first kappa shape index (κ1) is 25.5. The van der Waals surface area contributed by atoms with Crippen molar-refractivity contribution in [2.45, 2.75) is 0 Å². The van der Waals surface area contributed by atoms with Gasteiger partial charge in [0, 0.05) is 10.0 Å². The van der Waals surface area contributed by atoms with Crippen molar-refractivity contribution in [2.75, 3.05) is 19.8 Å². The van der Waals surface area contributed by atoms with Crippen LogP contribution in [0.2, 0.25) is 0 Å². The highest BCUT2D eigenvalue weighted by Crippen LogP contribution is 2.34. The second-order valence-electron chi connectivity index (χ2n) is 7.57. The molecule has 7 nitrogen and oxygen atoms in total. The minimum Gasteiger partial charge on any atom is -0.490 e. The molecular formula is C27H22Br2N2O5. The first-order chi connectivity index (χ1) is 17.5. The molecule has 0 aliphatic carbocycles. The molecule has 36 heavy (non-hydrogen) atoms. The quantitative estimate of drug-likeness (QED) is 0.188. The number of hydrogen-bond acceptors (Lipinski definition) is 5. The van der Waals surface area contributed by atoms with Crippen molar-refractivity contribution in [1.82, 2.24) is 10.9 Å². The number of carbonyl (C=O) groups is 2. The number of hydrazine groups is 1. The Balaban J connectivity index is 1.19. The fourth-order valence-corrected chi connectivity index (χ4v) is 4.26. The summed E-state index contributed by atoms with van der Waals surface area (Å²) in [5.74, 6) is 0.952. The van der Waals surface area contributed by atoms with Gasteiger partial charge in [-0.3, -0.25) is 20.4 Å². The van der Waals surface area contributed by atoms with Gasteiger partial charge in [0.25, 0.3) is 11.8 Å². The third kappa shape index (κ3) is 6.99. The van der Waals surface area contributed by atoms with Crippen LogP contribution in [0.3, 0.4) is 0 Å². The molecule has 0 spiro atoms. The summed E-state index contributed by atoms with van der Waals surface area (Å²) in [5, 5.41) is 1.98. The molecule has 0 bridgehead atoms. The van der Waals surface area contributed by atoms with Gasteiger partial charge in [0.15, 0.2) is 6.61 Å². The predicted octanol–water partition coefficient (Wildman–Crippen LogP) is 5.66. The maximum Gasteiger partial charge on any atom is 0.276 e. The molecule has 0 aromatic heterocycles. The van der Waals surface area contributed by atoms with Crippen LogP contribution < -0.4 is 25.1 Å². The lowest BCUT2D eigenvalue weighted by atomic mass is 10.1. The van der Waals surface area contributed by atoms with Gasteiger partial charge < -0.3 is 14.2 Å². The second kappa shape index (κ2) is 12.4. The van der Waals surface area contributed by atoms with Crippen molar-refractivity contribution in [3.05, 3.63) is 99.4 Å². The molecule has 0 saturated carbocycles. The molecule has 0 saturated heterocycles. The molecule has 0 aliphatic rings. The third-order valence-corrected chi connectivity index (χ3v) is 6.35. The van der Waals surface area contributed by atoms with Gasteiger partial charge in [0.2, 0.25) is 0 Å². The molecule has 0 heterocycles. The molecule has 2 N–H and O–H groups in total. The summed E-state index contributed by atoms with van der Waals surface area (Å²) >= 11 is 6.98. The summed E-state index contributed by atoms with van der Waals surface area (Å²) in [7, 11) is 0. The van der Waals surface area contributed by atoms with Crippen LogP contribution in [0.25, 0.3) is 10.8 Å². The fraction of sp³-hybridized carbons (Fsp3) is 0.111. The normalized spacial score (nSPS) is 10.5. The summed E-state index contributed by atoms with van der Waals surface area (Å²) in [5.41, 5.74) is 5.10. The van der Waals surface area contributed by atoms with Crippen LogP contribution in [-0.4, -0.2) is 31.6 Å². The monoisotopic (exact) mass is 612 g/mol. The van der Waals surface area contributed by atoms with E-state index in [9.17, 15) is 9.59 Å². The van der Waals surface area contributed by atoms with E-state index in [-0.39, 0.29) is 6.61 Å². The highest BCUT2D eigenvalue weighted by molar-refractivity contribution is 9.11. The van der Waals surface area contributed by atoms with E-state index < -0.39 is 11.8 Å².